The minimum absolute atomic E-state index is 0.300. The molecule has 1 aromatic heterocycles. The monoisotopic (exact) mass is 316 g/mol. The van der Waals surface area contributed by atoms with Crippen LogP contribution in [-0.4, -0.2) is 13.9 Å². The van der Waals surface area contributed by atoms with Gasteiger partial charge >= 0.3 is 0 Å². The Labute approximate surface area is 128 Å². The minimum atomic E-state index is -1.84. The van der Waals surface area contributed by atoms with Gasteiger partial charge < -0.3 is 0 Å². The summed E-state index contributed by atoms with van der Waals surface area (Å²) in [5, 5.41) is 0.391. The molecule has 0 aliphatic heterocycles. The molecule has 6 nitrogen and oxygen atoms in total. The maximum atomic E-state index is 12.3. The summed E-state index contributed by atoms with van der Waals surface area (Å²) in [6.07, 6.45) is 0. The molecule has 22 heavy (non-hydrogen) atoms. The van der Waals surface area contributed by atoms with Crippen molar-refractivity contribution < 1.29 is 13.5 Å². The first-order valence-corrected chi connectivity index (χ1v) is 7.55. The first-order valence-electron chi connectivity index (χ1n) is 6.47. The van der Waals surface area contributed by atoms with E-state index in [9.17, 15) is 9.00 Å². The number of para-hydroxylation sites is 1. The molecule has 0 aliphatic carbocycles. The maximum Gasteiger partial charge on any atom is 0.297 e. The molecule has 0 saturated heterocycles. The average Bonchev–Trinajstić information content (AvgIpc) is 2.55. The number of benzene rings is 2. The van der Waals surface area contributed by atoms with Crippen LogP contribution >= 0.6 is 0 Å². The summed E-state index contributed by atoms with van der Waals surface area (Å²) in [6.45, 7) is 1.60. The third-order valence-corrected chi connectivity index (χ3v) is 3.84. The van der Waals surface area contributed by atoms with Crippen LogP contribution in [0.4, 0.5) is 0 Å². The smallest absolute Gasteiger partial charge is 0.265 e. The summed E-state index contributed by atoms with van der Waals surface area (Å²) >= 11 is -1.84. The van der Waals surface area contributed by atoms with E-state index in [-0.39, 0.29) is 0 Å². The van der Waals surface area contributed by atoms with Crippen LogP contribution in [0.5, 0.6) is 0 Å². The Morgan fingerprint density at radius 3 is 2.50 bits per heavy atom. The van der Waals surface area contributed by atoms with Crippen LogP contribution in [0.1, 0.15) is 5.82 Å². The van der Waals surface area contributed by atoms with Gasteiger partial charge in [-0.05, 0) is 31.2 Å². The van der Waals surface area contributed by atoms with Crippen molar-refractivity contribution in [2.45, 2.75) is 11.8 Å². The number of aromatic nitrogens is 2. The van der Waals surface area contributed by atoms with Gasteiger partial charge in [0.25, 0.3) is 5.56 Å². The molecule has 3 aromatic rings. The largest absolute Gasteiger partial charge is 0.297 e. The quantitative estimate of drug-likeness (QED) is 0.542. The second-order valence-electron chi connectivity index (χ2n) is 4.47. The van der Waals surface area contributed by atoms with Crippen molar-refractivity contribution in [3.05, 3.63) is 70.8 Å². The molecule has 0 saturated carbocycles. The van der Waals surface area contributed by atoms with Crippen molar-refractivity contribution in [1.29, 1.82) is 0 Å². The SMILES string of the molecule is Cc1nc2ccccc2c(=O)n1OOS(=O)c1ccccc1. The second-order valence-corrected chi connectivity index (χ2v) is 5.54. The number of aryl methyl sites for hydroxylation is 1. The topological polar surface area (TPSA) is 70.4 Å². The lowest BCUT2D eigenvalue weighted by molar-refractivity contribution is -0.204. The van der Waals surface area contributed by atoms with E-state index in [4.69, 9.17) is 9.32 Å². The Kier molecular flexibility index (Phi) is 3.99. The number of fused-ring (bicyclic) bond motifs is 1. The summed E-state index contributed by atoms with van der Waals surface area (Å²) in [5.41, 5.74) is 0.141. The van der Waals surface area contributed by atoms with E-state index in [0.29, 0.717) is 21.6 Å². The van der Waals surface area contributed by atoms with E-state index in [1.807, 2.05) is 0 Å². The van der Waals surface area contributed by atoms with Crippen LogP contribution in [0.3, 0.4) is 0 Å². The Bertz CT molecular complexity index is 893. The Morgan fingerprint density at radius 2 is 1.73 bits per heavy atom. The normalized spacial score (nSPS) is 12.2. The van der Waals surface area contributed by atoms with Gasteiger partial charge in [-0.3, -0.25) is 4.79 Å². The molecule has 7 heteroatoms. The first kappa shape index (κ1) is 14.4. The highest BCUT2D eigenvalue weighted by Gasteiger charge is 2.12. The van der Waals surface area contributed by atoms with Crippen LogP contribution in [0.15, 0.2) is 64.3 Å². The zero-order chi connectivity index (χ0) is 15.5. The van der Waals surface area contributed by atoms with Crippen LogP contribution in [0.25, 0.3) is 10.9 Å². The van der Waals surface area contributed by atoms with Crippen LogP contribution < -0.4 is 10.5 Å². The van der Waals surface area contributed by atoms with Gasteiger partial charge in [0.05, 0.1) is 15.8 Å². The van der Waals surface area contributed by atoms with Gasteiger partial charge in [0.1, 0.15) is 0 Å². The van der Waals surface area contributed by atoms with Crippen molar-refractivity contribution in [3.8, 4) is 0 Å². The van der Waals surface area contributed by atoms with E-state index >= 15 is 0 Å². The van der Waals surface area contributed by atoms with Crippen molar-refractivity contribution in [2.24, 2.45) is 0 Å². The minimum Gasteiger partial charge on any atom is -0.265 e. The highest BCUT2D eigenvalue weighted by atomic mass is 32.2. The van der Waals surface area contributed by atoms with Crippen LogP contribution in [-0.2, 0) is 15.4 Å². The van der Waals surface area contributed by atoms with Crippen LogP contribution in [0, 0.1) is 6.92 Å². The first-order chi connectivity index (χ1) is 10.7. The molecule has 0 aliphatic rings. The summed E-state index contributed by atoms with van der Waals surface area (Å²) in [7, 11) is 0. The third kappa shape index (κ3) is 2.76. The van der Waals surface area contributed by atoms with E-state index in [0.717, 1.165) is 4.73 Å². The molecule has 0 radical (unpaired) electrons. The second kappa shape index (κ2) is 6.08. The van der Waals surface area contributed by atoms with Crippen molar-refractivity contribution in [3.63, 3.8) is 0 Å². The fourth-order valence-electron chi connectivity index (χ4n) is 1.94. The van der Waals surface area contributed by atoms with Gasteiger partial charge in [0.15, 0.2) is 5.82 Å². The molecule has 0 amide bonds. The summed E-state index contributed by atoms with van der Waals surface area (Å²) in [6, 6.07) is 15.4. The summed E-state index contributed by atoms with van der Waals surface area (Å²) < 4.78 is 17.6. The molecule has 3 rings (SSSR count). The maximum absolute atomic E-state index is 12.3. The van der Waals surface area contributed by atoms with E-state index in [1.165, 1.54) is 0 Å². The lowest BCUT2D eigenvalue weighted by Gasteiger charge is -2.09. The highest BCUT2D eigenvalue weighted by Crippen LogP contribution is 2.08. The van der Waals surface area contributed by atoms with Gasteiger partial charge in [-0.15, -0.1) is 0 Å². The predicted molar refractivity (Wildman–Crippen MR) is 81.3 cm³/mol. The molecular formula is C15H12N2O4S. The molecule has 112 valence electrons. The van der Waals surface area contributed by atoms with E-state index in [2.05, 4.69) is 4.98 Å². The fraction of sp³-hybridized carbons (Fsp3) is 0.0667. The van der Waals surface area contributed by atoms with Crippen molar-refractivity contribution in [2.75, 3.05) is 0 Å². The Morgan fingerprint density at radius 1 is 1.05 bits per heavy atom. The summed E-state index contributed by atoms with van der Waals surface area (Å²) in [5.74, 6) is 0.300. The number of nitrogens with zero attached hydrogens (tertiary/aromatic N) is 2. The number of hydrogen-bond donors (Lipinski definition) is 0. The lowest BCUT2D eigenvalue weighted by atomic mass is 10.2. The molecule has 0 bridgehead atoms. The Balaban J connectivity index is 1.88. The molecule has 0 spiro atoms. The highest BCUT2D eigenvalue weighted by molar-refractivity contribution is 7.80. The molecule has 2 aromatic carbocycles. The third-order valence-electron chi connectivity index (χ3n) is 3.00. The van der Waals surface area contributed by atoms with Crippen molar-refractivity contribution >= 4 is 22.0 Å². The molecule has 0 N–H and O–H groups in total. The van der Waals surface area contributed by atoms with E-state index < -0.39 is 16.6 Å². The summed E-state index contributed by atoms with van der Waals surface area (Å²) in [4.78, 5) is 21.9. The van der Waals surface area contributed by atoms with Gasteiger partial charge in [0.2, 0.25) is 11.1 Å². The van der Waals surface area contributed by atoms with Gasteiger partial charge in [0, 0.05) is 0 Å². The lowest BCUT2D eigenvalue weighted by Crippen LogP contribution is -2.30. The number of rotatable bonds is 4. The van der Waals surface area contributed by atoms with E-state index in [1.54, 1.807) is 61.5 Å². The molecule has 1 atom stereocenters. The van der Waals surface area contributed by atoms with Crippen LogP contribution in [0.2, 0.25) is 0 Å². The van der Waals surface area contributed by atoms with Gasteiger partial charge in [-0.1, -0.05) is 39.4 Å². The zero-order valence-electron chi connectivity index (χ0n) is 11.6. The molecule has 0 fully saturated rings. The standard InChI is InChI=1S/C15H12N2O4S/c1-11-16-14-10-6-5-9-13(14)15(18)17(11)20-21-22(19)12-7-3-2-4-8-12/h2-10H,1H3. The van der Waals surface area contributed by atoms with Gasteiger partial charge in [-0.2, -0.15) is 0 Å². The molecular weight excluding hydrogens is 304 g/mol. The average molecular weight is 316 g/mol. The fourth-order valence-corrected chi connectivity index (χ4v) is 2.52. The van der Waals surface area contributed by atoms with Crippen molar-refractivity contribution in [1.82, 2.24) is 9.71 Å². The predicted octanol–water partition coefficient (Wildman–Crippen LogP) is 1.79. The number of hydrogen-bond acceptors (Lipinski definition) is 5. The Hall–Kier alpha value is -2.51. The van der Waals surface area contributed by atoms with Gasteiger partial charge in [-0.25, -0.2) is 14.2 Å². The molecule has 1 unspecified atom stereocenters. The zero-order valence-corrected chi connectivity index (χ0v) is 12.4. The molecule has 1 heterocycles.